The fourth-order valence-electron chi connectivity index (χ4n) is 3.74. The molecule has 1 aromatic rings. The summed E-state index contributed by atoms with van der Waals surface area (Å²) in [6.45, 7) is 10.4. The lowest BCUT2D eigenvalue weighted by Gasteiger charge is -2.41. The number of ether oxygens (including phenoxy) is 5. The quantitative estimate of drug-likeness (QED) is 0.784. The van der Waals surface area contributed by atoms with Crippen LogP contribution in [0, 0.1) is 0 Å². The van der Waals surface area contributed by atoms with E-state index in [1.165, 1.54) is 0 Å². The van der Waals surface area contributed by atoms with Crippen molar-refractivity contribution in [3.8, 4) is 0 Å². The Hall–Kier alpha value is -1.02. The third-order valence-electron chi connectivity index (χ3n) is 5.27. The zero-order valence-corrected chi connectivity index (χ0v) is 16.9. The molecule has 6 heteroatoms. The van der Waals surface area contributed by atoms with E-state index in [9.17, 15) is 5.11 Å². The van der Waals surface area contributed by atoms with Crippen LogP contribution in [0.5, 0.6) is 0 Å². The SMILES string of the molecule is CC[C@](O)([C@@H]1COC(C)(C)O1)[C@H](OCc1ccccc1)[C@@H]1COC(C)(C)O1. The standard InChI is InChI=1S/C21H32O6/c1-6-21(22,17-14-25-20(4,5)27-17)18(16-13-24-19(2,3)26-16)23-12-15-10-8-7-9-11-15/h7-11,16-18,22H,6,12-14H2,1-5H3/t16-,17-,18+,21-/m0/s1. The van der Waals surface area contributed by atoms with E-state index < -0.39 is 35.5 Å². The Labute approximate surface area is 161 Å². The topological polar surface area (TPSA) is 66.4 Å². The number of hydrogen-bond acceptors (Lipinski definition) is 6. The zero-order valence-electron chi connectivity index (χ0n) is 16.9. The minimum absolute atomic E-state index is 0.305. The van der Waals surface area contributed by atoms with Gasteiger partial charge >= 0.3 is 0 Å². The predicted molar refractivity (Wildman–Crippen MR) is 100 cm³/mol. The van der Waals surface area contributed by atoms with Crippen molar-refractivity contribution < 1.29 is 28.8 Å². The molecule has 0 saturated carbocycles. The van der Waals surface area contributed by atoms with Crippen molar-refractivity contribution in [3.63, 3.8) is 0 Å². The minimum atomic E-state index is -1.27. The maximum absolute atomic E-state index is 11.7. The number of hydrogen-bond donors (Lipinski definition) is 1. The van der Waals surface area contributed by atoms with E-state index in [0.29, 0.717) is 26.2 Å². The molecule has 27 heavy (non-hydrogen) atoms. The second-order valence-corrected chi connectivity index (χ2v) is 8.25. The van der Waals surface area contributed by atoms with Crippen LogP contribution in [0.1, 0.15) is 46.6 Å². The normalized spacial score (nSPS) is 30.1. The Bertz CT molecular complexity index is 616. The molecule has 0 unspecified atom stereocenters. The molecule has 2 aliphatic rings. The smallest absolute Gasteiger partial charge is 0.163 e. The summed E-state index contributed by atoms with van der Waals surface area (Å²) in [5.74, 6) is -1.44. The Kier molecular flexibility index (Phi) is 5.96. The van der Waals surface area contributed by atoms with E-state index in [4.69, 9.17) is 23.7 Å². The van der Waals surface area contributed by atoms with Gasteiger partial charge in [0.25, 0.3) is 0 Å². The van der Waals surface area contributed by atoms with Gasteiger partial charge in [0.1, 0.15) is 23.9 Å². The first-order valence-electron chi connectivity index (χ1n) is 9.67. The highest BCUT2D eigenvalue weighted by atomic mass is 16.8. The van der Waals surface area contributed by atoms with Crippen LogP contribution in [0.2, 0.25) is 0 Å². The van der Waals surface area contributed by atoms with Gasteiger partial charge in [-0.15, -0.1) is 0 Å². The molecule has 0 aromatic heterocycles. The zero-order chi connectivity index (χ0) is 19.7. The summed E-state index contributed by atoms with van der Waals surface area (Å²) in [6, 6.07) is 9.89. The van der Waals surface area contributed by atoms with Crippen LogP contribution < -0.4 is 0 Å². The van der Waals surface area contributed by atoms with Gasteiger partial charge in [0, 0.05) is 0 Å². The first-order chi connectivity index (χ1) is 12.7. The highest BCUT2D eigenvalue weighted by molar-refractivity contribution is 5.14. The van der Waals surface area contributed by atoms with Gasteiger partial charge in [-0.3, -0.25) is 0 Å². The summed E-state index contributed by atoms with van der Waals surface area (Å²) < 4.78 is 29.8. The van der Waals surface area contributed by atoms with Gasteiger partial charge in [-0.05, 0) is 39.7 Å². The van der Waals surface area contributed by atoms with Crippen LogP contribution in [0.3, 0.4) is 0 Å². The Balaban J connectivity index is 1.83. The van der Waals surface area contributed by atoms with Crippen molar-refractivity contribution in [2.75, 3.05) is 13.2 Å². The molecule has 3 rings (SSSR count). The molecule has 6 nitrogen and oxygen atoms in total. The van der Waals surface area contributed by atoms with Crippen LogP contribution >= 0.6 is 0 Å². The van der Waals surface area contributed by atoms with Gasteiger partial charge in [-0.2, -0.15) is 0 Å². The highest BCUT2D eigenvalue weighted by Gasteiger charge is 2.55. The van der Waals surface area contributed by atoms with Crippen molar-refractivity contribution in [1.82, 2.24) is 0 Å². The van der Waals surface area contributed by atoms with E-state index in [0.717, 1.165) is 5.56 Å². The number of aliphatic hydroxyl groups is 1. The van der Waals surface area contributed by atoms with E-state index in [1.54, 1.807) is 0 Å². The predicted octanol–water partition coefficient (Wildman–Crippen LogP) is 3.02. The van der Waals surface area contributed by atoms with Crippen LogP contribution in [0.4, 0.5) is 0 Å². The highest BCUT2D eigenvalue weighted by Crippen LogP contribution is 2.38. The van der Waals surface area contributed by atoms with Crippen LogP contribution in [-0.2, 0) is 30.3 Å². The van der Waals surface area contributed by atoms with Gasteiger partial charge in [0.2, 0.25) is 0 Å². The molecule has 0 spiro atoms. The van der Waals surface area contributed by atoms with Crippen molar-refractivity contribution >= 4 is 0 Å². The maximum Gasteiger partial charge on any atom is 0.163 e. The second-order valence-electron chi connectivity index (χ2n) is 8.25. The second kappa shape index (κ2) is 7.78. The molecule has 2 aliphatic heterocycles. The largest absolute Gasteiger partial charge is 0.384 e. The molecular formula is C21H32O6. The monoisotopic (exact) mass is 380 g/mol. The molecule has 0 bridgehead atoms. The minimum Gasteiger partial charge on any atom is -0.384 e. The van der Waals surface area contributed by atoms with E-state index in [2.05, 4.69) is 0 Å². The summed E-state index contributed by atoms with van der Waals surface area (Å²) in [5, 5.41) is 11.7. The molecule has 2 heterocycles. The summed E-state index contributed by atoms with van der Waals surface area (Å²) in [6.07, 6.45) is -1.09. The van der Waals surface area contributed by atoms with Gasteiger partial charge in [-0.1, -0.05) is 37.3 Å². The van der Waals surface area contributed by atoms with Gasteiger partial charge in [0.05, 0.1) is 19.8 Å². The Morgan fingerprint density at radius 1 is 1.07 bits per heavy atom. The Morgan fingerprint density at radius 2 is 1.70 bits per heavy atom. The fourth-order valence-corrected chi connectivity index (χ4v) is 3.74. The summed E-state index contributed by atoms with van der Waals surface area (Å²) >= 11 is 0. The molecule has 1 aromatic carbocycles. The van der Waals surface area contributed by atoms with Crippen molar-refractivity contribution in [2.45, 2.75) is 83.1 Å². The lowest BCUT2D eigenvalue weighted by atomic mass is 9.84. The molecular weight excluding hydrogens is 348 g/mol. The van der Waals surface area contributed by atoms with E-state index in [-0.39, 0.29) is 0 Å². The first-order valence-corrected chi connectivity index (χ1v) is 9.67. The molecule has 1 N–H and O–H groups in total. The van der Waals surface area contributed by atoms with Crippen molar-refractivity contribution in [1.29, 1.82) is 0 Å². The van der Waals surface area contributed by atoms with Gasteiger partial charge in [0.15, 0.2) is 11.6 Å². The van der Waals surface area contributed by atoms with Gasteiger partial charge < -0.3 is 28.8 Å². The summed E-state index contributed by atoms with van der Waals surface area (Å²) in [4.78, 5) is 0. The van der Waals surface area contributed by atoms with Crippen LogP contribution in [0.25, 0.3) is 0 Å². The fraction of sp³-hybridized carbons (Fsp3) is 0.714. The van der Waals surface area contributed by atoms with Gasteiger partial charge in [-0.25, -0.2) is 0 Å². The number of rotatable bonds is 7. The molecule has 0 amide bonds. The van der Waals surface area contributed by atoms with Crippen molar-refractivity contribution in [2.24, 2.45) is 0 Å². The summed E-state index contributed by atoms with van der Waals surface area (Å²) in [7, 11) is 0. The molecule has 2 fully saturated rings. The van der Waals surface area contributed by atoms with E-state index in [1.807, 2.05) is 65.0 Å². The van der Waals surface area contributed by atoms with Crippen LogP contribution in [-0.4, -0.2) is 53.8 Å². The lowest BCUT2D eigenvalue weighted by Crippen LogP contribution is -2.59. The average molecular weight is 380 g/mol. The molecule has 0 aliphatic carbocycles. The third-order valence-corrected chi connectivity index (χ3v) is 5.27. The molecule has 4 atom stereocenters. The Morgan fingerprint density at radius 3 is 2.22 bits per heavy atom. The van der Waals surface area contributed by atoms with Crippen molar-refractivity contribution in [3.05, 3.63) is 35.9 Å². The maximum atomic E-state index is 11.7. The molecule has 2 saturated heterocycles. The molecule has 152 valence electrons. The first kappa shape index (κ1) is 20.7. The molecule has 0 radical (unpaired) electrons. The average Bonchev–Trinajstić information content (AvgIpc) is 3.17. The van der Waals surface area contributed by atoms with E-state index >= 15 is 0 Å². The number of benzene rings is 1. The lowest BCUT2D eigenvalue weighted by molar-refractivity contribution is -0.234. The third kappa shape index (κ3) is 4.70. The summed E-state index contributed by atoms with van der Waals surface area (Å²) in [5.41, 5.74) is -0.236. The van der Waals surface area contributed by atoms with Crippen LogP contribution in [0.15, 0.2) is 30.3 Å².